The fourth-order valence-corrected chi connectivity index (χ4v) is 3.29. The number of aromatic amines is 2. The summed E-state index contributed by atoms with van der Waals surface area (Å²) in [5.41, 5.74) is 5.53. The van der Waals surface area contributed by atoms with E-state index < -0.39 is 0 Å². The molecule has 0 bridgehead atoms. The number of rotatable bonds is 2. The van der Waals surface area contributed by atoms with Gasteiger partial charge in [0.15, 0.2) is 5.82 Å². The third-order valence-corrected chi connectivity index (χ3v) is 4.29. The predicted molar refractivity (Wildman–Crippen MR) is 81.0 cm³/mol. The minimum atomic E-state index is -0.176. The number of tetrazole rings is 1. The maximum atomic E-state index is 12.2. The molecule has 0 saturated carbocycles. The fraction of sp³-hybridized carbons (Fsp3) is 0.133. The molecule has 23 heavy (non-hydrogen) atoms. The van der Waals surface area contributed by atoms with Crippen LogP contribution in [0.5, 0.6) is 0 Å². The second-order valence-corrected chi connectivity index (χ2v) is 5.52. The molecule has 3 heterocycles. The molecular weight excluding hydrogens is 294 g/mol. The van der Waals surface area contributed by atoms with Crippen molar-refractivity contribution in [1.29, 1.82) is 0 Å². The zero-order chi connectivity index (χ0) is 15.4. The lowest BCUT2D eigenvalue weighted by Crippen LogP contribution is -2.13. The van der Waals surface area contributed by atoms with Crippen molar-refractivity contribution in [3.8, 4) is 11.3 Å². The molecule has 0 unspecified atom stereocenters. The number of nitrogens with one attached hydrogen (secondary N) is 2. The summed E-state index contributed by atoms with van der Waals surface area (Å²) < 4.78 is 1.87. The molecule has 0 atom stereocenters. The highest BCUT2D eigenvalue weighted by atomic mass is 16.1. The van der Waals surface area contributed by atoms with Gasteiger partial charge in [-0.15, -0.1) is 10.2 Å². The van der Waals surface area contributed by atoms with Gasteiger partial charge in [0.25, 0.3) is 5.56 Å². The average molecular weight is 305 g/mol. The molecule has 1 aliphatic rings. The Hall–Kier alpha value is -3.29. The van der Waals surface area contributed by atoms with Crippen LogP contribution >= 0.6 is 0 Å². The molecule has 0 fully saturated rings. The molecule has 3 aromatic heterocycles. The van der Waals surface area contributed by atoms with Gasteiger partial charge in [-0.1, -0.05) is 23.4 Å². The van der Waals surface area contributed by atoms with Crippen molar-refractivity contribution in [2.45, 2.75) is 12.8 Å². The van der Waals surface area contributed by atoms with Crippen molar-refractivity contribution in [3.63, 3.8) is 0 Å². The SMILES string of the molecule is O=c1[nH]c2c(n3ccnc13)Cc1c(Cc3nn[nH]n3)cccc1-2. The molecule has 5 rings (SSSR count). The number of benzene rings is 1. The van der Waals surface area contributed by atoms with Crippen LogP contribution < -0.4 is 5.56 Å². The van der Waals surface area contributed by atoms with Crippen LogP contribution in [0.2, 0.25) is 0 Å². The van der Waals surface area contributed by atoms with Crippen molar-refractivity contribution in [3.05, 3.63) is 63.6 Å². The van der Waals surface area contributed by atoms with E-state index in [1.807, 2.05) is 22.7 Å². The van der Waals surface area contributed by atoms with Crippen LogP contribution in [0.25, 0.3) is 16.9 Å². The van der Waals surface area contributed by atoms with Crippen molar-refractivity contribution in [1.82, 2.24) is 35.0 Å². The molecule has 8 nitrogen and oxygen atoms in total. The summed E-state index contributed by atoms with van der Waals surface area (Å²) in [5, 5.41) is 14.1. The summed E-state index contributed by atoms with van der Waals surface area (Å²) in [6.45, 7) is 0. The molecule has 8 heteroatoms. The van der Waals surface area contributed by atoms with Crippen LogP contribution in [-0.2, 0) is 12.8 Å². The topological polar surface area (TPSA) is 105 Å². The van der Waals surface area contributed by atoms with Crippen molar-refractivity contribution in [2.24, 2.45) is 0 Å². The molecular formula is C15H11N7O. The van der Waals surface area contributed by atoms with E-state index in [1.54, 1.807) is 6.20 Å². The second kappa shape index (κ2) is 4.35. The molecule has 112 valence electrons. The summed E-state index contributed by atoms with van der Waals surface area (Å²) in [4.78, 5) is 19.3. The van der Waals surface area contributed by atoms with E-state index in [1.165, 1.54) is 5.56 Å². The molecule has 0 amide bonds. The Labute approximate surface area is 129 Å². The Bertz CT molecular complexity index is 1090. The number of aromatic nitrogens is 7. The number of nitrogens with zero attached hydrogens (tertiary/aromatic N) is 5. The summed E-state index contributed by atoms with van der Waals surface area (Å²) in [5.74, 6) is 0.649. The zero-order valence-electron chi connectivity index (χ0n) is 11.9. The van der Waals surface area contributed by atoms with Gasteiger partial charge in [0.1, 0.15) is 0 Å². The largest absolute Gasteiger partial charge is 0.317 e. The van der Waals surface area contributed by atoms with Gasteiger partial charge in [-0.3, -0.25) is 9.20 Å². The average Bonchev–Trinajstić information content (AvgIpc) is 3.26. The number of H-pyrrole nitrogens is 2. The van der Waals surface area contributed by atoms with Gasteiger partial charge < -0.3 is 4.98 Å². The first kappa shape index (κ1) is 12.3. The molecule has 0 aliphatic heterocycles. The molecule has 2 N–H and O–H groups in total. The molecule has 4 aromatic rings. The highest BCUT2D eigenvalue weighted by molar-refractivity contribution is 5.74. The van der Waals surface area contributed by atoms with Crippen molar-refractivity contribution in [2.75, 3.05) is 0 Å². The summed E-state index contributed by atoms with van der Waals surface area (Å²) in [6.07, 6.45) is 4.81. The standard InChI is InChI=1S/C15H11N7O/c23-15-14-16-4-5-22(14)11-7-10-8(6-12-18-20-21-19-12)2-1-3-9(10)13(11)17-15/h1-5H,6-7H2,(H,17,23)(H,18,19,20,21). The van der Waals surface area contributed by atoms with Gasteiger partial charge >= 0.3 is 0 Å². The van der Waals surface area contributed by atoms with Gasteiger partial charge in [-0.05, 0) is 11.1 Å². The van der Waals surface area contributed by atoms with E-state index in [-0.39, 0.29) is 5.56 Å². The first-order valence-corrected chi connectivity index (χ1v) is 7.23. The highest BCUT2D eigenvalue weighted by Gasteiger charge is 2.25. The smallest absolute Gasteiger partial charge is 0.292 e. The van der Waals surface area contributed by atoms with Gasteiger partial charge in [-0.25, -0.2) is 4.98 Å². The number of hydrogen-bond acceptors (Lipinski definition) is 5. The van der Waals surface area contributed by atoms with E-state index in [2.05, 4.69) is 36.7 Å². The quantitative estimate of drug-likeness (QED) is 0.499. The van der Waals surface area contributed by atoms with Gasteiger partial charge in [0, 0.05) is 30.8 Å². The van der Waals surface area contributed by atoms with Crippen LogP contribution in [0.1, 0.15) is 22.6 Å². The van der Waals surface area contributed by atoms with E-state index in [0.717, 1.165) is 28.9 Å². The molecule has 0 saturated heterocycles. The normalized spacial score (nSPS) is 12.5. The minimum absolute atomic E-state index is 0.176. The monoisotopic (exact) mass is 305 g/mol. The summed E-state index contributed by atoms with van der Waals surface area (Å²) in [6, 6.07) is 6.07. The van der Waals surface area contributed by atoms with Crippen LogP contribution in [0.4, 0.5) is 0 Å². The van der Waals surface area contributed by atoms with E-state index in [4.69, 9.17) is 0 Å². The molecule has 1 aliphatic carbocycles. The number of imidazole rings is 1. The lowest BCUT2D eigenvalue weighted by Gasteiger charge is -2.05. The van der Waals surface area contributed by atoms with E-state index in [0.29, 0.717) is 17.9 Å². The third kappa shape index (κ3) is 1.68. The van der Waals surface area contributed by atoms with Gasteiger partial charge in [-0.2, -0.15) is 5.21 Å². The summed E-state index contributed by atoms with van der Waals surface area (Å²) >= 11 is 0. The first-order chi connectivity index (χ1) is 11.3. The fourth-order valence-electron chi connectivity index (χ4n) is 3.29. The van der Waals surface area contributed by atoms with Crippen LogP contribution in [0.3, 0.4) is 0 Å². The van der Waals surface area contributed by atoms with Gasteiger partial charge in [0.05, 0.1) is 11.4 Å². The maximum Gasteiger partial charge on any atom is 0.292 e. The van der Waals surface area contributed by atoms with Gasteiger partial charge in [0.2, 0.25) is 5.65 Å². The Morgan fingerprint density at radius 2 is 2.26 bits per heavy atom. The summed E-state index contributed by atoms with van der Waals surface area (Å²) in [7, 11) is 0. The molecule has 0 radical (unpaired) electrons. The predicted octanol–water partition coefficient (Wildman–Crippen LogP) is 0.698. The van der Waals surface area contributed by atoms with Crippen molar-refractivity contribution < 1.29 is 0 Å². The lowest BCUT2D eigenvalue weighted by atomic mass is 10.00. The Balaban J connectivity index is 1.71. The second-order valence-electron chi connectivity index (χ2n) is 5.52. The first-order valence-electron chi connectivity index (χ1n) is 7.23. The van der Waals surface area contributed by atoms with E-state index in [9.17, 15) is 4.79 Å². The molecule has 1 aromatic carbocycles. The zero-order valence-corrected chi connectivity index (χ0v) is 11.9. The number of hydrogen-bond donors (Lipinski definition) is 2. The van der Waals surface area contributed by atoms with E-state index >= 15 is 0 Å². The minimum Gasteiger partial charge on any atom is -0.317 e. The number of fused-ring (bicyclic) bond motifs is 5. The maximum absolute atomic E-state index is 12.2. The molecule has 0 spiro atoms. The van der Waals surface area contributed by atoms with Crippen LogP contribution in [0, 0.1) is 0 Å². The Kier molecular flexibility index (Phi) is 2.32. The van der Waals surface area contributed by atoms with Crippen molar-refractivity contribution >= 4 is 5.65 Å². The Morgan fingerprint density at radius 3 is 3.13 bits per heavy atom. The third-order valence-electron chi connectivity index (χ3n) is 4.29. The van der Waals surface area contributed by atoms with Crippen LogP contribution in [-0.4, -0.2) is 35.0 Å². The highest BCUT2D eigenvalue weighted by Crippen LogP contribution is 2.36. The van der Waals surface area contributed by atoms with Crippen LogP contribution in [0.15, 0.2) is 35.4 Å². The lowest BCUT2D eigenvalue weighted by molar-refractivity contribution is 0.881. The Morgan fingerprint density at radius 1 is 1.30 bits per heavy atom.